The first-order valence-electron chi connectivity index (χ1n) is 5.27. The highest BCUT2D eigenvalue weighted by molar-refractivity contribution is 5.84. The van der Waals surface area contributed by atoms with E-state index in [2.05, 4.69) is 10.3 Å². The molecule has 0 radical (unpaired) electrons. The number of ether oxygens (including phenoxy) is 1. The Morgan fingerprint density at radius 2 is 2.17 bits per heavy atom. The summed E-state index contributed by atoms with van der Waals surface area (Å²) >= 11 is 0. The van der Waals surface area contributed by atoms with Crippen molar-refractivity contribution in [3.8, 4) is 11.6 Å². The van der Waals surface area contributed by atoms with Crippen molar-refractivity contribution < 1.29 is 14.3 Å². The zero-order chi connectivity index (χ0) is 13.1. The third-order valence-corrected chi connectivity index (χ3v) is 2.44. The van der Waals surface area contributed by atoms with Gasteiger partial charge in [-0.05, 0) is 19.1 Å². The molecule has 1 heterocycles. The van der Waals surface area contributed by atoms with E-state index in [-0.39, 0.29) is 5.75 Å². The Bertz CT molecular complexity index is 593. The molecule has 18 heavy (non-hydrogen) atoms. The third-order valence-electron chi connectivity index (χ3n) is 2.44. The van der Waals surface area contributed by atoms with Crippen LogP contribution in [0.4, 0.5) is 4.39 Å². The van der Waals surface area contributed by atoms with Crippen LogP contribution < -0.4 is 4.74 Å². The number of halogens is 1. The number of rotatable bonds is 3. The molecule has 0 aliphatic rings. The first-order chi connectivity index (χ1) is 8.63. The van der Waals surface area contributed by atoms with Crippen molar-refractivity contribution in [2.75, 3.05) is 0 Å². The molecule has 0 fully saturated rings. The fourth-order valence-corrected chi connectivity index (χ4v) is 1.61. The molecule has 2 rings (SSSR count). The number of para-hydroxylation sites is 1. The highest BCUT2D eigenvalue weighted by Gasteiger charge is 2.15. The van der Waals surface area contributed by atoms with Crippen LogP contribution in [0.3, 0.4) is 0 Å². The van der Waals surface area contributed by atoms with E-state index in [0.29, 0.717) is 17.1 Å². The van der Waals surface area contributed by atoms with E-state index in [1.807, 2.05) is 0 Å². The average Bonchev–Trinajstić information content (AvgIpc) is 2.59. The molecular formula is C12H12FN3O2. The maximum atomic E-state index is 13.5. The van der Waals surface area contributed by atoms with Gasteiger partial charge in [0, 0.05) is 7.05 Å². The quantitative estimate of drug-likeness (QED) is 0.516. The molecule has 1 N–H and O–H groups in total. The van der Waals surface area contributed by atoms with Crippen LogP contribution in [0.5, 0.6) is 11.6 Å². The van der Waals surface area contributed by atoms with Crippen molar-refractivity contribution in [2.45, 2.75) is 6.92 Å². The molecule has 0 amide bonds. The van der Waals surface area contributed by atoms with Gasteiger partial charge in [0.15, 0.2) is 11.6 Å². The monoisotopic (exact) mass is 249 g/mol. The minimum Gasteiger partial charge on any atom is -0.436 e. The minimum absolute atomic E-state index is 0.0908. The summed E-state index contributed by atoms with van der Waals surface area (Å²) in [4.78, 5) is 0. The van der Waals surface area contributed by atoms with E-state index in [9.17, 15) is 4.39 Å². The fourth-order valence-electron chi connectivity index (χ4n) is 1.61. The molecule has 5 nitrogen and oxygen atoms in total. The summed E-state index contributed by atoms with van der Waals surface area (Å²) < 4.78 is 20.4. The molecule has 1 aromatic carbocycles. The lowest BCUT2D eigenvalue weighted by molar-refractivity contribution is 0.321. The van der Waals surface area contributed by atoms with Gasteiger partial charge < -0.3 is 9.94 Å². The molecule has 0 saturated heterocycles. The topological polar surface area (TPSA) is 59.6 Å². The molecule has 0 saturated carbocycles. The van der Waals surface area contributed by atoms with Gasteiger partial charge in [0.1, 0.15) is 0 Å². The Labute approximate surface area is 103 Å². The minimum atomic E-state index is -0.469. The second-order valence-electron chi connectivity index (χ2n) is 3.70. The summed E-state index contributed by atoms with van der Waals surface area (Å²) in [7, 11) is 1.66. The number of aromatic nitrogens is 2. The number of oxime groups is 1. The van der Waals surface area contributed by atoms with Crippen LogP contribution in [0.15, 0.2) is 29.4 Å². The van der Waals surface area contributed by atoms with Crippen LogP contribution in [-0.2, 0) is 7.05 Å². The molecule has 1 aromatic heterocycles. The van der Waals surface area contributed by atoms with E-state index in [1.54, 1.807) is 26.1 Å². The maximum Gasteiger partial charge on any atom is 0.226 e. The molecule has 94 valence electrons. The van der Waals surface area contributed by atoms with Crippen molar-refractivity contribution >= 4 is 6.21 Å². The number of benzene rings is 1. The molecule has 0 bridgehead atoms. The van der Waals surface area contributed by atoms with E-state index >= 15 is 0 Å². The Morgan fingerprint density at radius 1 is 1.44 bits per heavy atom. The number of aryl methyl sites for hydroxylation is 2. The smallest absolute Gasteiger partial charge is 0.226 e. The summed E-state index contributed by atoms with van der Waals surface area (Å²) in [6, 6.07) is 6.06. The van der Waals surface area contributed by atoms with Crippen LogP contribution in [-0.4, -0.2) is 21.2 Å². The predicted molar refractivity (Wildman–Crippen MR) is 63.8 cm³/mol. The molecule has 0 aliphatic carbocycles. The van der Waals surface area contributed by atoms with Crippen molar-refractivity contribution in [1.29, 1.82) is 0 Å². The fraction of sp³-hybridized carbons (Fsp3) is 0.167. The zero-order valence-corrected chi connectivity index (χ0v) is 9.96. The van der Waals surface area contributed by atoms with E-state index in [1.165, 1.54) is 23.0 Å². The summed E-state index contributed by atoms with van der Waals surface area (Å²) in [6.07, 6.45) is 1.21. The van der Waals surface area contributed by atoms with E-state index < -0.39 is 5.82 Å². The summed E-state index contributed by atoms with van der Waals surface area (Å²) in [5, 5.41) is 15.7. The van der Waals surface area contributed by atoms with E-state index in [0.717, 1.165) is 0 Å². The van der Waals surface area contributed by atoms with Crippen LogP contribution in [0.25, 0.3) is 0 Å². The Morgan fingerprint density at radius 3 is 2.83 bits per heavy atom. The Hall–Kier alpha value is -2.37. The third kappa shape index (κ3) is 2.17. The second-order valence-corrected chi connectivity index (χ2v) is 3.70. The van der Waals surface area contributed by atoms with Crippen LogP contribution >= 0.6 is 0 Å². The van der Waals surface area contributed by atoms with Gasteiger partial charge in [-0.15, -0.1) is 0 Å². The Balaban J connectivity index is 2.43. The van der Waals surface area contributed by atoms with Crippen molar-refractivity contribution in [3.05, 3.63) is 41.3 Å². The van der Waals surface area contributed by atoms with Gasteiger partial charge in [-0.25, -0.2) is 9.07 Å². The average molecular weight is 249 g/mol. The number of nitrogens with zero attached hydrogens (tertiary/aromatic N) is 3. The molecular weight excluding hydrogens is 237 g/mol. The normalized spacial score (nSPS) is 11.1. The van der Waals surface area contributed by atoms with Crippen LogP contribution in [0.1, 0.15) is 11.3 Å². The highest BCUT2D eigenvalue weighted by Crippen LogP contribution is 2.27. The van der Waals surface area contributed by atoms with Gasteiger partial charge in [0.05, 0.1) is 17.5 Å². The summed E-state index contributed by atoms with van der Waals surface area (Å²) in [6.45, 7) is 1.74. The van der Waals surface area contributed by atoms with Crippen LogP contribution in [0.2, 0.25) is 0 Å². The zero-order valence-electron chi connectivity index (χ0n) is 9.96. The number of hydrogen-bond acceptors (Lipinski definition) is 4. The van der Waals surface area contributed by atoms with Gasteiger partial charge in [0.25, 0.3) is 0 Å². The van der Waals surface area contributed by atoms with Gasteiger partial charge in [-0.1, -0.05) is 17.3 Å². The van der Waals surface area contributed by atoms with E-state index in [4.69, 9.17) is 9.94 Å². The molecule has 0 spiro atoms. The standard InChI is InChI=1S/C12H12FN3O2/c1-8-9(7-14-17)12(16(2)15-8)18-11-6-4-3-5-10(11)13/h3-7,17H,1-2H3. The van der Waals surface area contributed by atoms with Gasteiger partial charge in [-0.2, -0.15) is 5.10 Å². The van der Waals surface area contributed by atoms with Crippen molar-refractivity contribution in [3.63, 3.8) is 0 Å². The molecule has 6 heteroatoms. The van der Waals surface area contributed by atoms with Crippen LogP contribution in [0, 0.1) is 12.7 Å². The largest absolute Gasteiger partial charge is 0.436 e. The first-order valence-corrected chi connectivity index (χ1v) is 5.27. The van der Waals surface area contributed by atoms with Crippen molar-refractivity contribution in [2.24, 2.45) is 12.2 Å². The maximum absolute atomic E-state index is 13.5. The molecule has 0 atom stereocenters. The lowest BCUT2D eigenvalue weighted by Crippen LogP contribution is -1.98. The second kappa shape index (κ2) is 4.87. The molecule has 2 aromatic rings. The number of hydrogen-bond donors (Lipinski definition) is 1. The SMILES string of the molecule is Cc1nn(C)c(Oc2ccccc2F)c1C=NO. The Kier molecular flexibility index (Phi) is 3.27. The lowest BCUT2D eigenvalue weighted by Gasteiger charge is -2.07. The lowest BCUT2D eigenvalue weighted by atomic mass is 10.3. The van der Waals surface area contributed by atoms with Gasteiger partial charge in [-0.3, -0.25) is 0 Å². The summed E-state index contributed by atoms with van der Waals surface area (Å²) in [5.41, 5.74) is 1.13. The van der Waals surface area contributed by atoms with Gasteiger partial charge in [0.2, 0.25) is 5.88 Å². The summed E-state index contributed by atoms with van der Waals surface area (Å²) in [5.74, 6) is -0.0632. The molecule has 0 aliphatic heterocycles. The first kappa shape index (κ1) is 12.1. The highest BCUT2D eigenvalue weighted by atomic mass is 19.1. The van der Waals surface area contributed by atoms with Gasteiger partial charge >= 0.3 is 0 Å². The predicted octanol–water partition coefficient (Wildman–Crippen LogP) is 2.47. The molecule has 0 unspecified atom stereocenters. The van der Waals surface area contributed by atoms with Crippen molar-refractivity contribution in [1.82, 2.24) is 9.78 Å².